The minimum Gasteiger partial charge on any atom is -0.550 e. The van der Waals surface area contributed by atoms with Crippen molar-refractivity contribution < 1.29 is 65.7 Å². The van der Waals surface area contributed by atoms with E-state index in [2.05, 4.69) is 0 Å². The van der Waals surface area contributed by atoms with E-state index < -0.39 is 5.97 Å². The molecule has 0 radical (unpaired) electrons. The average Bonchev–Trinajstić information content (AvgIpc) is 2.15. The summed E-state index contributed by atoms with van der Waals surface area (Å²) in [5, 5.41) is 9.90. The van der Waals surface area contributed by atoms with E-state index in [-0.39, 0.29) is 57.8 Å². The molecule has 0 amide bonds. The van der Waals surface area contributed by atoms with Gasteiger partial charge in [0.05, 0.1) is 6.26 Å². The molecular weight excluding hydrogens is 159 g/mol. The first-order valence-corrected chi connectivity index (χ1v) is 2.51. The van der Waals surface area contributed by atoms with Crippen LogP contribution < -0.4 is 56.5 Å². The summed E-state index contributed by atoms with van der Waals surface area (Å²) in [6, 6.07) is 3.23. The molecule has 0 bridgehead atoms. The van der Waals surface area contributed by atoms with Gasteiger partial charge in [0.1, 0.15) is 5.76 Å². The van der Waals surface area contributed by atoms with Crippen LogP contribution in [0.25, 0.3) is 0 Å². The van der Waals surface area contributed by atoms with Crippen molar-refractivity contribution >= 4 is 5.97 Å². The topological polar surface area (TPSA) is 53.3 Å². The molecule has 0 atom stereocenters. The predicted octanol–water partition coefficient (Wildman–Crippen LogP) is -3.42. The standard InChI is InChI=1S/C6H6O3.K/c7-6(8)4-5-2-1-3-9-5;/h1-3H,4H2,(H,7,8);/q;+1/p-1. The minimum atomic E-state index is -1.12. The SMILES string of the molecule is O=C([O-])Cc1ccco1.[K+]. The first-order chi connectivity index (χ1) is 4.29. The Kier molecular flexibility index (Phi) is 5.29. The number of hydrogen-bond donors (Lipinski definition) is 0. The quantitative estimate of drug-likeness (QED) is 0.428. The zero-order valence-corrected chi connectivity index (χ0v) is 8.79. The summed E-state index contributed by atoms with van der Waals surface area (Å²) >= 11 is 0. The fourth-order valence-corrected chi connectivity index (χ4v) is 0.555. The van der Waals surface area contributed by atoms with Crippen LogP contribution in [0.15, 0.2) is 22.8 Å². The van der Waals surface area contributed by atoms with Crippen LogP contribution in [0.5, 0.6) is 0 Å². The fraction of sp³-hybridized carbons (Fsp3) is 0.167. The van der Waals surface area contributed by atoms with E-state index in [1.165, 1.54) is 6.26 Å². The Morgan fingerprint density at radius 1 is 1.70 bits per heavy atom. The van der Waals surface area contributed by atoms with E-state index in [0.717, 1.165) is 0 Å². The van der Waals surface area contributed by atoms with Crippen molar-refractivity contribution in [3.8, 4) is 0 Å². The Balaban J connectivity index is 0.000000810. The molecule has 0 aliphatic heterocycles. The minimum absolute atomic E-state index is 0. The Labute approximate surface area is 101 Å². The number of hydrogen-bond acceptors (Lipinski definition) is 3. The third-order valence-electron chi connectivity index (χ3n) is 0.899. The van der Waals surface area contributed by atoms with Crippen molar-refractivity contribution in [3.63, 3.8) is 0 Å². The van der Waals surface area contributed by atoms with Crippen molar-refractivity contribution in [1.29, 1.82) is 0 Å². The zero-order chi connectivity index (χ0) is 6.69. The van der Waals surface area contributed by atoms with Crippen LogP contribution in [-0.2, 0) is 11.2 Å². The van der Waals surface area contributed by atoms with Gasteiger partial charge in [0.15, 0.2) is 0 Å². The Bertz CT molecular complexity index is 193. The Morgan fingerprint density at radius 2 is 2.40 bits per heavy atom. The molecule has 1 rings (SSSR count). The Hall–Kier alpha value is 0.386. The number of carbonyl (C=O) groups is 1. The second-order valence-corrected chi connectivity index (χ2v) is 1.63. The van der Waals surface area contributed by atoms with Gasteiger partial charge in [0.25, 0.3) is 0 Å². The molecule has 0 aromatic carbocycles. The van der Waals surface area contributed by atoms with E-state index in [1.807, 2.05) is 0 Å². The third-order valence-corrected chi connectivity index (χ3v) is 0.899. The molecule has 48 valence electrons. The van der Waals surface area contributed by atoms with Gasteiger partial charge in [-0.05, 0) is 12.1 Å². The number of furan rings is 1. The van der Waals surface area contributed by atoms with Crippen molar-refractivity contribution in [2.24, 2.45) is 0 Å². The van der Waals surface area contributed by atoms with Crippen molar-refractivity contribution in [1.82, 2.24) is 0 Å². The number of carbonyl (C=O) groups excluding carboxylic acids is 1. The average molecular weight is 164 g/mol. The summed E-state index contributed by atoms with van der Waals surface area (Å²) in [5.41, 5.74) is 0. The molecule has 0 N–H and O–H groups in total. The van der Waals surface area contributed by atoms with Crippen LogP contribution in [0.4, 0.5) is 0 Å². The summed E-state index contributed by atoms with van der Waals surface area (Å²) in [5.74, 6) is -0.694. The van der Waals surface area contributed by atoms with Gasteiger partial charge < -0.3 is 14.3 Å². The van der Waals surface area contributed by atoms with Gasteiger partial charge >= 0.3 is 51.4 Å². The van der Waals surface area contributed by atoms with Crippen molar-refractivity contribution in [2.75, 3.05) is 0 Å². The molecule has 0 spiro atoms. The molecule has 0 fully saturated rings. The first-order valence-electron chi connectivity index (χ1n) is 2.51. The van der Waals surface area contributed by atoms with E-state index in [4.69, 9.17) is 4.42 Å². The second-order valence-electron chi connectivity index (χ2n) is 1.63. The molecule has 3 nitrogen and oxygen atoms in total. The molecule has 4 heteroatoms. The molecule has 1 aromatic heterocycles. The maximum atomic E-state index is 9.90. The van der Waals surface area contributed by atoms with E-state index in [9.17, 15) is 9.90 Å². The molecule has 0 saturated heterocycles. The van der Waals surface area contributed by atoms with Gasteiger partial charge in [-0.25, -0.2) is 0 Å². The number of aliphatic carboxylic acids is 1. The molecule has 0 aliphatic rings. The van der Waals surface area contributed by atoms with Gasteiger partial charge in [0.2, 0.25) is 0 Å². The summed E-state index contributed by atoms with van der Waals surface area (Å²) in [4.78, 5) is 9.90. The smallest absolute Gasteiger partial charge is 0.550 e. The van der Waals surface area contributed by atoms with Gasteiger partial charge in [-0.2, -0.15) is 0 Å². The van der Waals surface area contributed by atoms with E-state index >= 15 is 0 Å². The van der Waals surface area contributed by atoms with Gasteiger partial charge in [0, 0.05) is 12.4 Å². The third kappa shape index (κ3) is 3.53. The molecule has 1 heterocycles. The fourth-order valence-electron chi connectivity index (χ4n) is 0.555. The molecule has 10 heavy (non-hydrogen) atoms. The van der Waals surface area contributed by atoms with E-state index in [1.54, 1.807) is 12.1 Å². The van der Waals surface area contributed by atoms with Crippen LogP contribution in [-0.4, -0.2) is 5.97 Å². The van der Waals surface area contributed by atoms with Crippen molar-refractivity contribution in [3.05, 3.63) is 24.2 Å². The predicted molar refractivity (Wildman–Crippen MR) is 27.4 cm³/mol. The maximum Gasteiger partial charge on any atom is 1.00 e. The molecule has 1 aromatic rings. The second kappa shape index (κ2) is 5.09. The van der Waals surface area contributed by atoms with Crippen LogP contribution in [0.3, 0.4) is 0 Å². The van der Waals surface area contributed by atoms with Gasteiger partial charge in [-0.3, -0.25) is 0 Å². The molecule has 0 unspecified atom stereocenters. The maximum absolute atomic E-state index is 9.90. The summed E-state index contributed by atoms with van der Waals surface area (Å²) in [7, 11) is 0. The summed E-state index contributed by atoms with van der Waals surface area (Å²) in [6.45, 7) is 0. The first kappa shape index (κ1) is 10.4. The van der Waals surface area contributed by atoms with Gasteiger partial charge in [-0.1, -0.05) is 0 Å². The number of carboxylic acids is 1. The largest absolute Gasteiger partial charge is 1.00 e. The summed E-state index contributed by atoms with van der Waals surface area (Å²) in [6.07, 6.45) is 1.28. The van der Waals surface area contributed by atoms with Crippen molar-refractivity contribution in [2.45, 2.75) is 6.42 Å². The summed E-state index contributed by atoms with van der Waals surface area (Å²) < 4.78 is 4.72. The Morgan fingerprint density at radius 3 is 2.80 bits per heavy atom. The molecule has 0 aliphatic carbocycles. The van der Waals surface area contributed by atoms with Crippen LogP contribution in [0.2, 0.25) is 0 Å². The molecule has 0 saturated carbocycles. The molecular formula is C6H5KO3. The van der Waals surface area contributed by atoms with Crippen LogP contribution >= 0.6 is 0 Å². The number of rotatable bonds is 2. The zero-order valence-electron chi connectivity index (χ0n) is 5.66. The van der Waals surface area contributed by atoms with E-state index in [0.29, 0.717) is 5.76 Å². The van der Waals surface area contributed by atoms with Crippen LogP contribution in [0, 0.1) is 0 Å². The normalized spacial score (nSPS) is 8.40. The van der Waals surface area contributed by atoms with Gasteiger partial charge in [-0.15, -0.1) is 0 Å². The number of carboxylic acid groups (broad SMARTS) is 1. The monoisotopic (exact) mass is 164 g/mol. The van der Waals surface area contributed by atoms with Crippen LogP contribution in [0.1, 0.15) is 5.76 Å².